The van der Waals surface area contributed by atoms with Crippen molar-refractivity contribution in [3.05, 3.63) is 11.3 Å². The Morgan fingerprint density at radius 2 is 2.00 bits per heavy atom. The SMILES string of the molecule is CCC1=C(N)C(=O)NC1=O. The van der Waals surface area contributed by atoms with E-state index in [1.54, 1.807) is 6.92 Å². The molecule has 0 saturated heterocycles. The second kappa shape index (κ2) is 2.13. The van der Waals surface area contributed by atoms with Crippen molar-refractivity contribution in [3.63, 3.8) is 0 Å². The van der Waals surface area contributed by atoms with Crippen LogP contribution in [0.15, 0.2) is 11.3 Å². The van der Waals surface area contributed by atoms with E-state index in [4.69, 9.17) is 5.73 Å². The van der Waals surface area contributed by atoms with Gasteiger partial charge in [-0.1, -0.05) is 6.92 Å². The van der Waals surface area contributed by atoms with Gasteiger partial charge in [0.05, 0.1) is 0 Å². The summed E-state index contributed by atoms with van der Waals surface area (Å²) in [5.41, 5.74) is 5.73. The monoisotopic (exact) mass is 140 g/mol. The van der Waals surface area contributed by atoms with Crippen molar-refractivity contribution in [3.8, 4) is 0 Å². The third-order valence-corrected chi connectivity index (χ3v) is 1.42. The molecule has 0 bridgehead atoms. The van der Waals surface area contributed by atoms with Gasteiger partial charge in [-0.3, -0.25) is 14.9 Å². The second-order valence-electron chi connectivity index (χ2n) is 2.03. The van der Waals surface area contributed by atoms with Gasteiger partial charge in [-0.2, -0.15) is 0 Å². The first-order chi connectivity index (χ1) is 4.66. The lowest BCUT2D eigenvalue weighted by Crippen LogP contribution is -2.24. The van der Waals surface area contributed by atoms with Crippen LogP contribution in [0.25, 0.3) is 0 Å². The van der Waals surface area contributed by atoms with Gasteiger partial charge in [0, 0.05) is 5.57 Å². The van der Waals surface area contributed by atoms with Crippen LogP contribution < -0.4 is 11.1 Å². The molecule has 1 heterocycles. The largest absolute Gasteiger partial charge is 0.394 e. The molecule has 0 fully saturated rings. The van der Waals surface area contributed by atoms with Crippen molar-refractivity contribution in [1.82, 2.24) is 5.32 Å². The zero-order valence-corrected chi connectivity index (χ0v) is 5.60. The summed E-state index contributed by atoms with van der Waals surface area (Å²) >= 11 is 0. The quantitative estimate of drug-likeness (QED) is 0.471. The van der Waals surface area contributed by atoms with E-state index in [-0.39, 0.29) is 11.6 Å². The average Bonchev–Trinajstić information content (AvgIpc) is 2.09. The van der Waals surface area contributed by atoms with Crippen LogP contribution in [0, 0.1) is 0 Å². The van der Waals surface area contributed by atoms with Crippen molar-refractivity contribution >= 4 is 11.8 Å². The number of hydrogen-bond donors (Lipinski definition) is 2. The lowest BCUT2D eigenvalue weighted by molar-refractivity contribution is -0.124. The van der Waals surface area contributed by atoms with E-state index in [2.05, 4.69) is 5.32 Å². The molecule has 2 amide bonds. The highest BCUT2D eigenvalue weighted by molar-refractivity contribution is 6.18. The van der Waals surface area contributed by atoms with E-state index in [1.807, 2.05) is 0 Å². The molecule has 0 radical (unpaired) electrons. The van der Waals surface area contributed by atoms with Gasteiger partial charge < -0.3 is 5.73 Å². The van der Waals surface area contributed by atoms with E-state index in [1.165, 1.54) is 0 Å². The molecule has 1 aliphatic heterocycles. The summed E-state index contributed by atoms with van der Waals surface area (Å²) in [6.07, 6.45) is 0.503. The molecule has 1 aliphatic rings. The molecular formula is C6H8N2O2. The summed E-state index contributed by atoms with van der Waals surface area (Å²) in [5.74, 6) is -0.827. The number of hydrogen-bond acceptors (Lipinski definition) is 3. The van der Waals surface area contributed by atoms with Crippen molar-refractivity contribution in [2.75, 3.05) is 0 Å². The van der Waals surface area contributed by atoms with E-state index < -0.39 is 5.91 Å². The minimum Gasteiger partial charge on any atom is -0.394 e. The number of rotatable bonds is 1. The third-order valence-electron chi connectivity index (χ3n) is 1.42. The Morgan fingerprint density at radius 3 is 2.20 bits per heavy atom. The van der Waals surface area contributed by atoms with Crippen molar-refractivity contribution in [2.45, 2.75) is 13.3 Å². The Morgan fingerprint density at radius 1 is 1.40 bits per heavy atom. The number of nitrogens with one attached hydrogen (secondary N) is 1. The normalized spacial score (nSPS) is 18.1. The Hall–Kier alpha value is -1.32. The smallest absolute Gasteiger partial charge is 0.274 e. The number of nitrogens with two attached hydrogens (primary N) is 1. The lowest BCUT2D eigenvalue weighted by Gasteiger charge is -1.90. The fourth-order valence-corrected chi connectivity index (χ4v) is 0.856. The molecule has 0 aromatic heterocycles. The fourth-order valence-electron chi connectivity index (χ4n) is 0.856. The Bertz CT molecular complexity index is 230. The van der Waals surface area contributed by atoms with Gasteiger partial charge in [0.1, 0.15) is 5.70 Å². The molecule has 3 N–H and O–H groups in total. The van der Waals surface area contributed by atoms with Crippen LogP contribution in [0.5, 0.6) is 0 Å². The Balaban J connectivity index is 3.01. The van der Waals surface area contributed by atoms with Crippen LogP contribution in [0.2, 0.25) is 0 Å². The molecule has 10 heavy (non-hydrogen) atoms. The maximum atomic E-state index is 10.8. The van der Waals surface area contributed by atoms with Gasteiger partial charge >= 0.3 is 0 Å². The molecule has 0 unspecified atom stereocenters. The van der Waals surface area contributed by atoms with Crippen LogP contribution >= 0.6 is 0 Å². The molecule has 4 heteroatoms. The molecule has 0 saturated carbocycles. The van der Waals surface area contributed by atoms with E-state index in [0.29, 0.717) is 12.0 Å². The van der Waals surface area contributed by atoms with Gasteiger partial charge in [-0.25, -0.2) is 0 Å². The predicted molar refractivity (Wildman–Crippen MR) is 34.7 cm³/mol. The summed E-state index contributed by atoms with van der Waals surface area (Å²) in [4.78, 5) is 21.4. The fraction of sp³-hybridized carbons (Fsp3) is 0.333. The number of carbonyl (C=O) groups is 2. The van der Waals surface area contributed by atoms with E-state index in [0.717, 1.165) is 0 Å². The molecule has 4 nitrogen and oxygen atoms in total. The minimum absolute atomic E-state index is 0.0625. The molecule has 0 aromatic carbocycles. The number of imide groups is 1. The Labute approximate surface area is 58.1 Å². The van der Waals surface area contributed by atoms with Gasteiger partial charge in [0.15, 0.2) is 0 Å². The van der Waals surface area contributed by atoms with Crippen LogP contribution in [0.1, 0.15) is 13.3 Å². The van der Waals surface area contributed by atoms with E-state index in [9.17, 15) is 9.59 Å². The van der Waals surface area contributed by atoms with Crippen LogP contribution in [0.4, 0.5) is 0 Å². The highest BCUT2D eigenvalue weighted by Crippen LogP contribution is 2.10. The zero-order chi connectivity index (χ0) is 7.72. The molecule has 1 rings (SSSR count). The molecule has 54 valence electrons. The predicted octanol–water partition coefficient (Wildman–Crippen LogP) is -0.734. The van der Waals surface area contributed by atoms with Gasteiger partial charge in [0.2, 0.25) is 0 Å². The highest BCUT2D eigenvalue weighted by Gasteiger charge is 2.25. The first-order valence-electron chi connectivity index (χ1n) is 3.01. The van der Waals surface area contributed by atoms with Gasteiger partial charge in [-0.15, -0.1) is 0 Å². The van der Waals surface area contributed by atoms with Gasteiger partial charge in [0.25, 0.3) is 11.8 Å². The van der Waals surface area contributed by atoms with Gasteiger partial charge in [-0.05, 0) is 6.42 Å². The van der Waals surface area contributed by atoms with Crippen molar-refractivity contribution < 1.29 is 9.59 Å². The summed E-state index contributed by atoms with van der Waals surface area (Å²) in [7, 11) is 0. The first-order valence-corrected chi connectivity index (χ1v) is 3.01. The average molecular weight is 140 g/mol. The first kappa shape index (κ1) is 6.80. The summed E-state index contributed by atoms with van der Waals surface area (Å²) < 4.78 is 0. The van der Waals surface area contributed by atoms with Crippen molar-refractivity contribution in [2.24, 2.45) is 5.73 Å². The number of carbonyl (C=O) groups excluding carboxylic acids is 2. The van der Waals surface area contributed by atoms with Crippen LogP contribution in [-0.2, 0) is 9.59 Å². The zero-order valence-electron chi connectivity index (χ0n) is 5.60. The summed E-state index contributed by atoms with van der Waals surface area (Å²) in [5, 5.41) is 2.09. The number of amides is 2. The molecule has 0 aromatic rings. The lowest BCUT2D eigenvalue weighted by atomic mass is 10.2. The topological polar surface area (TPSA) is 72.2 Å². The standard InChI is InChI=1S/C6H8N2O2/c1-2-3-4(7)6(10)8-5(3)9/h2H2,1H3,(H3,7,8,9,10). The van der Waals surface area contributed by atoms with Crippen molar-refractivity contribution in [1.29, 1.82) is 0 Å². The van der Waals surface area contributed by atoms with Crippen LogP contribution in [0.3, 0.4) is 0 Å². The molecule has 0 aliphatic carbocycles. The molecule has 0 atom stereocenters. The molecular weight excluding hydrogens is 132 g/mol. The summed E-state index contributed by atoms with van der Waals surface area (Å²) in [6.45, 7) is 1.78. The summed E-state index contributed by atoms with van der Waals surface area (Å²) in [6, 6.07) is 0. The third kappa shape index (κ3) is 0.775. The van der Waals surface area contributed by atoms with E-state index >= 15 is 0 Å². The Kier molecular flexibility index (Phi) is 1.45. The maximum Gasteiger partial charge on any atom is 0.274 e. The molecule has 0 spiro atoms. The highest BCUT2D eigenvalue weighted by atomic mass is 16.2. The minimum atomic E-state index is -0.471. The second-order valence-corrected chi connectivity index (χ2v) is 2.03. The maximum absolute atomic E-state index is 10.8. The van der Waals surface area contributed by atoms with Crippen LogP contribution in [-0.4, -0.2) is 11.8 Å².